The molecule has 1 aromatic heterocycles. The standard InChI is InChI=1S/C16H22N2S/c1-11-4-6-14(7-5-11)16(17)10-18-9-15-8-12(2)13(3)19-15/h4-8,16,18H,9-10,17H2,1-3H3. The minimum absolute atomic E-state index is 0.0581. The first-order valence-corrected chi connectivity index (χ1v) is 7.46. The number of rotatable bonds is 5. The molecule has 1 aromatic carbocycles. The molecular formula is C16H22N2S. The average molecular weight is 274 g/mol. The molecule has 0 saturated carbocycles. The number of hydrogen-bond acceptors (Lipinski definition) is 3. The summed E-state index contributed by atoms with van der Waals surface area (Å²) in [6.07, 6.45) is 0. The molecule has 3 N–H and O–H groups in total. The van der Waals surface area contributed by atoms with Gasteiger partial charge in [0.2, 0.25) is 0 Å². The predicted octanol–water partition coefficient (Wildman–Crippen LogP) is 3.46. The van der Waals surface area contributed by atoms with Gasteiger partial charge in [-0.25, -0.2) is 0 Å². The highest BCUT2D eigenvalue weighted by atomic mass is 32.1. The number of hydrogen-bond donors (Lipinski definition) is 2. The number of nitrogens with two attached hydrogens (primary N) is 1. The Morgan fingerprint density at radius 3 is 2.42 bits per heavy atom. The number of thiophene rings is 1. The second-order valence-corrected chi connectivity index (χ2v) is 6.44. The zero-order valence-electron chi connectivity index (χ0n) is 11.9. The van der Waals surface area contributed by atoms with Gasteiger partial charge < -0.3 is 11.1 Å². The summed E-state index contributed by atoms with van der Waals surface area (Å²) in [6.45, 7) is 8.13. The van der Waals surface area contributed by atoms with Crippen LogP contribution in [0.15, 0.2) is 30.3 Å². The first-order valence-electron chi connectivity index (χ1n) is 6.65. The lowest BCUT2D eigenvalue weighted by molar-refractivity contribution is 0.601. The maximum atomic E-state index is 6.19. The molecule has 3 heteroatoms. The van der Waals surface area contributed by atoms with Gasteiger partial charge >= 0.3 is 0 Å². The van der Waals surface area contributed by atoms with Crippen LogP contribution in [-0.2, 0) is 6.54 Å². The summed E-state index contributed by atoms with van der Waals surface area (Å²) in [6, 6.07) is 10.8. The van der Waals surface area contributed by atoms with Crippen LogP contribution >= 0.6 is 11.3 Å². The van der Waals surface area contributed by atoms with E-state index >= 15 is 0 Å². The van der Waals surface area contributed by atoms with Crippen LogP contribution in [0.2, 0.25) is 0 Å². The zero-order chi connectivity index (χ0) is 13.8. The third-order valence-corrected chi connectivity index (χ3v) is 4.54. The fourth-order valence-corrected chi connectivity index (χ4v) is 3.04. The van der Waals surface area contributed by atoms with Crippen molar-refractivity contribution in [1.82, 2.24) is 5.32 Å². The van der Waals surface area contributed by atoms with E-state index in [1.54, 1.807) is 0 Å². The lowest BCUT2D eigenvalue weighted by Gasteiger charge is -2.13. The molecule has 0 bridgehead atoms. The minimum Gasteiger partial charge on any atom is -0.323 e. The van der Waals surface area contributed by atoms with Crippen molar-refractivity contribution in [2.45, 2.75) is 33.4 Å². The van der Waals surface area contributed by atoms with Crippen molar-refractivity contribution in [3.05, 3.63) is 56.8 Å². The van der Waals surface area contributed by atoms with E-state index in [9.17, 15) is 0 Å². The molecule has 1 unspecified atom stereocenters. The first-order chi connectivity index (χ1) is 9.06. The lowest BCUT2D eigenvalue weighted by atomic mass is 10.1. The van der Waals surface area contributed by atoms with E-state index in [0.717, 1.165) is 13.1 Å². The smallest absolute Gasteiger partial charge is 0.0421 e. The minimum atomic E-state index is 0.0581. The van der Waals surface area contributed by atoms with Gasteiger partial charge in [0.15, 0.2) is 0 Å². The van der Waals surface area contributed by atoms with Crippen molar-refractivity contribution in [1.29, 1.82) is 0 Å². The number of benzene rings is 1. The fourth-order valence-electron chi connectivity index (χ4n) is 2.02. The van der Waals surface area contributed by atoms with Crippen LogP contribution in [0, 0.1) is 20.8 Å². The van der Waals surface area contributed by atoms with Gasteiger partial charge in [-0.2, -0.15) is 0 Å². The van der Waals surface area contributed by atoms with E-state index in [4.69, 9.17) is 5.73 Å². The molecule has 19 heavy (non-hydrogen) atoms. The summed E-state index contributed by atoms with van der Waals surface area (Å²) >= 11 is 1.86. The molecule has 0 radical (unpaired) electrons. The summed E-state index contributed by atoms with van der Waals surface area (Å²) in [5.41, 5.74) is 10.0. The van der Waals surface area contributed by atoms with Crippen LogP contribution in [0.1, 0.15) is 32.5 Å². The topological polar surface area (TPSA) is 38.0 Å². The van der Waals surface area contributed by atoms with Gasteiger partial charge in [-0.1, -0.05) is 29.8 Å². The third kappa shape index (κ3) is 3.90. The highest BCUT2D eigenvalue weighted by Crippen LogP contribution is 2.20. The van der Waals surface area contributed by atoms with E-state index in [1.165, 1.54) is 26.4 Å². The fraction of sp³-hybridized carbons (Fsp3) is 0.375. The molecule has 2 nitrogen and oxygen atoms in total. The van der Waals surface area contributed by atoms with Crippen LogP contribution in [-0.4, -0.2) is 6.54 Å². The Morgan fingerprint density at radius 2 is 1.84 bits per heavy atom. The summed E-state index contributed by atoms with van der Waals surface area (Å²) in [4.78, 5) is 2.78. The average Bonchev–Trinajstić information content (AvgIpc) is 2.69. The summed E-state index contributed by atoms with van der Waals surface area (Å²) in [7, 11) is 0. The Balaban J connectivity index is 1.83. The van der Waals surface area contributed by atoms with Crippen LogP contribution in [0.3, 0.4) is 0 Å². The molecule has 2 aromatic rings. The maximum Gasteiger partial charge on any atom is 0.0421 e. The lowest BCUT2D eigenvalue weighted by Crippen LogP contribution is -2.26. The van der Waals surface area contributed by atoms with Crippen LogP contribution in [0.25, 0.3) is 0 Å². The van der Waals surface area contributed by atoms with Gasteiger partial charge in [0.1, 0.15) is 0 Å². The van der Waals surface area contributed by atoms with E-state index in [1.807, 2.05) is 11.3 Å². The SMILES string of the molecule is Cc1ccc(C(N)CNCc2cc(C)c(C)s2)cc1. The van der Waals surface area contributed by atoms with Crippen LogP contribution in [0.4, 0.5) is 0 Å². The third-order valence-electron chi connectivity index (χ3n) is 3.39. The molecular weight excluding hydrogens is 252 g/mol. The predicted molar refractivity (Wildman–Crippen MR) is 83.6 cm³/mol. The molecule has 0 fully saturated rings. The normalized spacial score (nSPS) is 12.6. The molecule has 0 saturated heterocycles. The summed E-state index contributed by atoms with van der Waals surface area (Å²) in [5, 5.41) is 3.44. The molecule has 0 amide bonds. The molecule has 0 aliphatic heterocycles. The highest BCUT2D eigenvalue weighted by molar-refractivity contribution is 7.12. The molecule has 102 valence electrons. The van der Waals surface area contributed by atoms with E-state index in [0.29, 0.717) is 0 Å². The van der Waals surface area contributed by atoms with Gasteiger partial charge in [0.05, 0.1) is 0 Å². The number of aryl methyl sites for hydroxylation is 3. The number of nitrogens with one attached hydrogen (secondary N) is 1. The monoisotopic (exact) mass is 274 g/mol. The largest absolute Gasteiger partial charge is 0.323 e. The van der Waals surface area contributed by atoms with Gasteiger partial charge in [-0.15, -0.1) is 11.3 Å². The molecule has 1 heterocycles. The van der Waals surface area contributed by atoms with Gasteiger partial charge in [0, 0.05) is 28.9 Å². The summed E-state index contributed by atoms with van der Waals surface area (Å²) in [5.74, 6) is 0. The van der Waals surface area contributed by atoms with Crippen molar-refractivity contribution in [3.8, 4) is 0 Å². The summed E-state index contributed by atoms with van der Waals surface area (Å²) < 4.78 is 0. The van der Waals surface area contributed by atoms with Crippen LogP contribution < -0.4 is 11.1 Å². The van der Waals surface area contributed by atoms with E-state index in [2.05, 4.69) is 56.4 Å². The quantitative estimate of drug-likeness (QED) is 0.876. The Bertz CT molecular complexity index is 509. The van der Waals surface area contributed by atoms with E-state index in [-0.39, 0.29) is 6.04 Å². The Kier molecular flexibility index (Phi) is 4.75. The molecule has 0 aliphatic carbocycles. The van der Waals surface area contributed by atoms with Crippen molar-refractivity contribution >= 4 is 11.3 Å². The zero-order valence-corrected chi connectivity index (χ0v) is 12.7. The van der Waals surface area contributed by atoms with Crippen molar-refractivity contribution in [2.75, 3.05) is 6.54 Å². The maximum absolute atomic E-state index is 6.19. The molecule has 0 spiro atoms. The first kappa shape index (κ1) is 14.3. The van der Waals surface area contributed by atoms with Crippen molar-refractivity contribution < 1.29 is 0 Å². The Morgan fingerprint density at radius 1 is 1.16 bits per heavy atom. The molecule has 1 atom stereocenters. The van der Waals surface area contributed by atoms with Crippen molar-refractivity contribution in [3.63, 3.8) is 0 Å². The van der Waals surface area contributed by atoms with Crippen LogP contribution in [0.5, 0.6) is 0 Å². The molecule has 2 rings (SSSR count). The van der Waals surface area contributed by atoms with E-state index < -0.39 is 0 Å². The van der Waals surface area contributed by atoms with Gasteiger partial charge in [0.25, 0.3) is 0 Å². The molecule has 0 aliphatic rings. The Hall–Kier alpha value is -1.16. The van der Waals surface area contributed by atoms with Gasteiger partial charge in [-0.3, -0.25) is 0 Å². The highest BCUT2D eigenvalue weighted by Gasteiger charge is 2.06. The Labute approximate surface area is 119 Å². The second-order valence-electron chi connectivity index (χ2n) is 5.10. The van der Waals surface area contributed by atoms with Gasteiger partial charge in [-0.05, 0) is 38.0 Å². The second kappa shape index (κ2) is 6.33. The van der Waals surface area contributed by atoms with Crippen molar-refractivity contribution in [2.24, 2.45) is 5.73 Å².